The number of rotatable bonds is 12. The van der Waals surface area contributed by atoms with E-state index in [1.54, 1.807) is 12.1 Å². The molecule has 0 aliphatic carbocycles. The highest BCUT2D eigenvalue weighted by Crippen LogP contribution is 2.31. The summed E-state index contributed by atoms with van der Waals surface area (Å²) in [5.74, 6) is 0.463. The number of nitrogens with zero attached hydrogens (tertiary/aromatic N) is 2. The Morgan fingerprint density at radius 3 is 2.27 bits per heavy atom. The summed E-state index contributed by atoms with van der Waals surface area (Å²) in [4.78, 5) is 27.6. The van der Waals surface area contributed by atoms with Gasteiger partial charge in [-0.15, -0.1) is 0 Å². The van der Waals surface area contributed by atoms with Gasteiger partial charge in [-0.25, -0.2) is 0 Å². The van der Waals surface area contributed by atoms with Crippen molar-refractivity contribution in [1.29, 1.82) is 0 Å². The van der Waals surface area contributed by atoms with Gasteiger partial charge in [0, 0.05) is 35.2 Å². The number of ketones is 1. The monoisotopic (exact) mass is 497 g/mol. The van der Waals surface area contributed by atoms with Gasteiger partial charge in [0.25, 0.3) is 5.89 Å². The van der Waals surface area contributed by atoms with Crippen molar-refractivity contribution in [3.05, 3.63) is 90.0 Å². The lowest BCUT2D eigenvalue weighted by molar-refractivity contribution is -0.137. The van der Waals surface area contributed by atoms with Gasteiger partial charge < -0.3 is 14.9 Å². The third kappa shape index (κ3) is 6.70. The van der Waals surface area contributed by atoms with Crippen LogP contribution in [0.3, 0.4) is 0 Å². The molecule has 1 heterocycles. The molecule has 0 aliphatic rings. The standard InChI is InChI=1S/C30H31N3O4/c1-3-20(2)28(31-25-18-16-21(17-19-25)26(34)10-7-11-27(35)36)22-12-14-24(15-13-22)30-32-29(33-37-30)23-8-5-4-6-9-23/h4-6,8-9,12-20,28,31H,3,7,10-11H2,1-2H3,(H,35,36)/t20?,28-/m0/s1. The predicted octanol–water partition coefficient (Wildman–Crippen LogP) is 7.04. The number of nitrogens with one attached hydrogen (secondary N) is 1. The third-order valence-electron chi connectivity index (χ3n) is 6.51. The molecule has 37 heavy (non-hydrogen) atoms. The number of aromatic nitrogens is 2. The molecule has 1 unspecified atom stereocenters. The normalized spacial score (nSPS) is 12.6. The van der Waals surface area contributed by atoms with E-state index >= 15 is 0 Å². The van der Waals surface area contributed by atoms with Crippen LogP contribution < -0.4 is 5.32 Å². The van der Waals surface area contributed by atoms with Gasteiger partial charge in [-0.1, -0.05) is 67.9 Å². The average molecular weight is 498 g/mol. The van der Waals surface area contributed by atoms with Crippen LogP contribution in [0.2, 0.25) is 0 Å². The summed E-state index contributed by atoms with van der Waals surface area (Å²) in [5.41, 5.74) is 4.40. The van der Waals surface area contributed by atoms with Gasteiger partial charge in [-0.05, 0) is 54.3 Å². The van der Waals surface area contributed by atoms with Crippen LogP contribution in [0, 0.1) is 5.92 Å². The largest absolute Gasteiger partial charge is 0.481 e. The molecule has 0 radical (unpaired) electrons. The van der Waals surface area contributed by atoms with Gasteiger partial charge in [0.1, 0.15) is 0 Å². The number of Topliss-reactive ketones (excluding diaryl/α,β-unsaturated/α-hetero) is 1. The lowest BCUT2D eigenvalue weighted by atomic mass is 9.91. The number of carboxylic acids is 1. The summed E-state index contributed by atoms with van der Waals surface area (Å²) in [7, 11) is 0. The minimum absolute atomic E-state index is 0.00143. The molecule has 7 heteroatoms. The zero-order valence-electron chi connectivity index (χ0n) is 21.1. The van der Waals surface area contributed by atoms with Crippen molar-refractivity contribution in [2.45, 2.75) is 45.6 Å². The predicted molar refractivity (Wildman–Crippen MR) is 143 cm³/mol. The van der Waals surface area contributed by atoms with Crippen molar-refractivity contribution < 1.29 is 19.2 Å². The van der Waals surface area contributed by atoms with Crippen molar-refractivity contribution in [2.75, 3.05) is 5.32 Å². The van der Waals surface area contributed by atoms with E-state index in [0.717, 1.165) is 28.8 Å². The zero-order chi connectivity index (χ0) is 26.2. The minimum Gasteiger partial charge on any atom is -0.481 e. The number of anilines is 1. The summed E-state index contributed by atoms with van der Waals surface area (Å²) in [5, 5.41) is 16.5. The van der Waals surface area contributed by atoms with Crippen LogP contribution in [0.4, 0.5) is 5.69 Å². The molecule has 1 aromatic heterocycles. The van der Waals surface area contributed by atoms with Crippen LogP contribution in [0.25, 0.3) is 22.8 Å². The number of carbonyl (C=O) groups excluding carboxylic acids is 1. The van der Waals surface area contributed by atoms with Gasteiger partial charge in [0.05, 0.1) is 6.04 Å². The van der Waals surface area contributed by atoms with Gasteiger partial charge in [0.15, 0.2) is 5.78 Å². The highest BCUT2D eigenvalue weighted by atomic mass is 16.5. The number of benzene rings is 3. The molecule has 0 fully saturated rings. The Morgan fingerprint density at radius 1 is 0.919 bits per heavy atom. The van der Waals surface area contributed by atoms with Crippen LogP contribution >= 0.6 is 0 Å². The fourth-order valence-corrected chi connectivity index (χ4v) is 4.14. The highest BCUT2D eigenvalue weighted by molar-refractivity contribution is 5.96. The first kappa shape index (κ1) is 25.8. The number of aliphatic carboxylic acids is 1. The number of hydrogen-bond acceptors (Lipinski definition) is 6. The quantitative estimate of drug-likeness (QED) is 0.202. The van der Waals surface area contributed by atoms with Crippen molar-refractivity contribution in [3.8, 4) is 22.8 Å². The molecule has 4 aromatic rings. The molecular formula is C30H31N3O4. The SMILES string of the molecule is CCC(C)[C@H](Nc1ccc(C(=O)CCCC(=O)O)cc1)c1ccc(-c2nc(-c3ccccc3)no2)cc1. The first-order valence-corrected chi connectivity index (χ1v) is 12.6. The summed E-state index contributed by atoms with van der Waals surface area (Å²) in [6, 6.07) is 25.3. The molecule has 0 spiro atoms. The van der Waals surface area contributed by atoms with Gasteiger partial charge in [-0.2, -0.15) is 4.98 Å². The summed E-state index contributed by atoms with van der Waals surface area (Å²) in [6.07, 6.45) is 1.57. The maximum absolute atomic E-state index is 12.3. The Labute approximate surface area is 216 Å². The van der Waals surface area contributed by atoms with Crippen LogP contribution in [-0.4, -0.2) is 27.0 Å². The molecular weight excluding hydrogens is 466 g/mol. The second-order valence-corrected chi connectivity index (χ2v) is 9.17. The first-order valence-electron chi connectivity index (χ1n) is 12.6. The van der Waals surface area contributed by atoms with E-state index in [-0.39, 0.29) is 24.7 Å². The van der Waals surface area contributed by atoms with E-state index in [9.17, 15) is 9.59 Å². The number of carbonyl (C=O) groups is 2. The summed E-state index contributed by atoms with van der Waals surface area (Å²) < 4.78 is 5.50. The molecule has 0 amide bonds. The van der Waals surface area contributed by atoms with Crippen LogP contribution in [-0.2, 0) is 4.79 Å². The fraction of sp³-hybridized carbons (Fsp3) is 0.267. The zero-order valence-corrected chi connectivity index (χ0v) is 21.1. The van der Waals surface area contributed by atoms with Gasteiger partial charge in [-0.3, -0.25) is 9.59 Å². The molecule has 0 saturated carbocycles. The second kappa shape index (κ2) is 12.1. The van der Waals surface area contributed by atoms with Gasteiger partial charge >= 0.3 is 5.97 Å². The maximum atomic E-state index is 12.3. The average Bonchev–Trinajstić information content (AvgIpc) is 3.42. The Kier molecular flexibility index (Phi) is 8.46. The Balaban J connectivity index is 1.45. The number of hydrogen-bond donors (Lipinski definition) is 2. The van der Waals surface area contributed by atoms with E-state index in [4.69, 9.17) is 9.63 Å². The molecule has 2 N–H and O–H groups in total. The van der Waals surface area contributed by atoms with E-state index in [1.807, 2.05) is 54.6 Å². The Morgan fingerprint density at radius 2 is 1.62 bits per heavy atom. The van der Waals surface area contributed by atoms with Crippen LogP contribution in [0.5, 0.6) is 0 Å². The van der Waals surface area contributed by atoms with E-state index in [1.165, 1.54) is 0 Å². The molecule has 3 aromatic carbocycles. The maximum Gasteiger partial charge on any atom is 0.303 e. The van der Waals surface area contributed by atoms with E-state index in [2.05, 4.69) is 41.4 Å². The van der Waals surface area contributed by atoms with Crippen molar-refractivity contribution in [3.63, 3.8) is 0 Å². The molecule has 4 rings (SSSR count). The first-order chi connectivity index (χ1) is 17.9. The molecule has 190 valence electrons. The molecule has 2 atom stereocenters. The van der Waals surface area contributed by atoms with Crippen molar-refractivity contribution >= 4 is 17.4 Å². The van der Waals surface area contributed by atoms with Crippen molar-refractivity contribution in [1.82, 2.24) is 10.1 Å². The summed E-state index contributed by atoms with van der Waals surface area (Å²) >= 11 is 0. The van der Waals surface area contributed by atoms with Gasteiger partial charge in [0.2, 0.25) is 5.82 Å². The third-order valence-corrected chi connectivity index (χ3v) is 6.51. The smallest absolute Gasteiger partial charge is 0.303 e. The fourth-order valence-electron chi connectivity index (χ4n) is 4.14. The Hall–Kier alpha value is -4.26. The van der Waals surface area contributed by atoms with Crippen LogP contribution in [0.1, 0.15) is 61.5 Å². The second-order valence-electron chi connectivity index (χ2n) is 9.17. The summed E-state index contributed by atoms with van der Waals surface area (Å²) in [6.45, 7) is 4.37. The Bertz CT molecular complexity index is 1320. The minimum atomic E-state index is -0.884. The number of carboxylic acid groups (broad SMARTS) is 1. The van der Waals surface area contributed by atoms with Crippen LogP contribution in [0.15, 0.2) is 83.4 Å². The molecule has 0 bridgehead atoms. The van der Waals surface area contributed by atoms with Crippen molar-refractivity contribution in [2.24, 2.45) is 5.92 Å². The molecule has 0 aliphatic heterocycles. The lowest BCUT2D eigenvalue weighted by Crippen LogP contribution is -2.18. The van der Waals surface area contributed by atoms with E-state index in [0.29, 0.717) is 29.6 Å². The molecule has 0 saturated heterocycles. The van der Waals surface area contributed by atoms with E-state index < -0.39 is 5.97 Å². The highest BCUT2D eigenvalue weighted by Gasteiger charge is 2.19. The molecule has 7 nitrogen and oxygen atoms in total. The lowest BCUT2D eigenvalue weighted by Gasteiger charge is -2.26. The topological polar surface area (TPSA) is 105 Å².